The van der Waals surface area contributed by atoms with Gasteiger partial charge in [0.2, 0.25) is 0 Å². The van der Waals surface area contributed by atoms with E-state index in [-0.39, 0.29) is 5.41 Å². The molecule has 1 aromatic carbocycles. The molecule has 0 heterocycles. The summed E-state index contributed by atoms with van der Waals surface area (Å²) in [5.74, 6) is 0. The largest absolute Gasteiger partial charge is 0.396 e. The first-order valence-corrected chi connectivity index (χ1v) is 5.44. The van der Waals surface area contributed by atoms with Crippen LogP contribution in [0.2, 0.25) is 0 Å². The molecule has 0 saturated carbocycles. The van der Waals surface area contributed by atoms with E-state index in [4.69, 9.17) is 4.84 Å². The predicted octanol–water partition coefficient (Wildman–Crippen LogP) is 3.01. The van der Waals surface area contributed by atoms with E-state index in [1.807, 2.05) is 6.92 Å². The zero-order valence-corrected chi connectivity index (χ0v) is 9.58. The van der Waals surface area contributed by atoms with Crippen LogP contribution in [0.3, 0.4) is 0 Å². The summed E-state index contributed by atoms with van der Waals surface area (Å²) in [6, 6.07) is 8.44. The summed E-state index contributed by atoms with van der Waals surface area (Å²) in [6.07, 6.45) is 1.05. The molecule has 0 radical (unpaired) electrons. The smallest absolute Gasteiger partial charge is 0.114 e. The maximum atomic E-state index is 5.20. The van der Waals surface area contributed by atoms with Gasteiger partial charge in [0.25, 0.3) is 0 Å². The normalized spacial score (nSPS) is 20.3. The van der Waals surface area contributed by atoms with Crippen molar-refractivity contribution in [2.24, 2.45) is 10.6 Å². The van der Waals surface area contributed by atoms with Gasteiger partial charge in [-0.25, -0.2) is 0 Å². The molecule has 0 atom stereocenters. The van der Waals surface area contributed by atoms with Crippen LogP contribution in [0.15, 0.2) is 29.4 Å². The number of hydrogen-bond acceptors (Lipinski definition) is 2. The van der Waals surface area contributed by atoms with Crippen LogP contribution < -0.4 is 0 Å². The van der Waals surface area contributed by atoms with Crippen LogP contribution >= 0.6 is 0 Å². The lowest BCUT2D eigenvalue weighted by molar-refractivity contribution is 0.156. The van der Waals surface area contributed by atoms with Crippen LogP contribution in [0, 0.1) is 5.41 Å². The lowest BCUT2D eigenvalue weighted by Crippen LogP contribution is -2.20. The van der Waals surface area contributed by atoms with Crippen molar-refractivity contribution >= 4 is 5.71 Å². The van der Waals surface area contributed by atoms with Crippen molar-refractivity contribution in [2.45, 2.75) is 27.2 Å². The molecule has 0 fully saturated rings. The fraction of sp³-hybridized carbons (Fsp3) is 0.462. The van der Waals surface area contributed by atoms with Gasteiger partial charge >= 0.3 is 0 Å². The van der Waals surface area contributed by atoms with Crippen molar-refractivity contribution in [2.75, 3.05) is 6.61 Å². The Hall–Kier alpha value is -1.31. The summed E-state index contributed by atoms with van der Waals surface area (Å²) in [4.78, 5) is 5.20. The SMILES string of the molecule is CCON=C1c2ccccc2CC1(C)C. The van der Waals surface area contributed by atoms with E-state index in [1.165, 1.54) is 11.1 Å². The van der Waals surface area contributed by atoms with E-state index in [9.17, 15) is 0 Å². The first kappa shape index (κ1) is 10.2. The van der Waals surface area contributed by atoms with Gasteiger partial charge in [0, 0.05) is 11.0 Å². The summed E-state index contributed by atoms with van der Waals surface area (Å²) >= 11 is 0. The zero-order chi connectivity index (χ0) is 10.9. The Morgan fingerprint density at radius 1 is 1.33 bits per heavy atom. The van der Waals surface area contributed by atoms with E-state index in [1.54, 1.807) is 0 Å². The van der Waals surface area contributed by atoms with Gasteiger partial charge in [0.05, 0.1) is 5.71 Å². The van der Waals surface area contributed by atoms with E-state index >= 15 is 0 Å². The molecule has 1 aromatic rings. The second-order valence-electron chi connectivity index (χ2n) is 4.58. The van der Waals surface area contributed by atoms with Crippen molar-refractivity contribution in [1.82, 2.24) is 0 Å². The third-order valence-electron chi connectivity index (χ3n) is 2.83. The predicted molar refractivity (Wildman–Crippen MR) is 62.1 cm³/mol. The number of oxime groups is 1. The molecule has 0 spiro atoms. The second kappa shape index (κ2) is 3.69. The van der Waals surface area contributed by atoms with Gasteiger partial charge in [-0.3, -0.25) is 0 Å². The van der Waals surface area contributed by atoms with Crippen LogP contribution in [-0.4, -0.2) is 12.3 Å². The van der Waals surface area contributed by atoms with Gasteiger partial charge in [-0.1, -0.05) is 43.3 Å². The molecule has 0 unspecified atom stereocenters. The van der Waals surface area contributed by atoms with Crippen LogP contribution in [0.5, 0.6) is 0 Å². The molecule has 1 aliphatic carbocycles. The Kier molecular flexibility index (Phi) is 2.51. The van der Waals surface area contributed by atoms with Crippen molar-refractivity contribution in [1.29, 1.82) is 0 Å². The van der Waals surface area contributed by atoms with E-state index < -0.39 is 0 Å². The molecule has 0 aliphatic heterocycles. The maximum absolute atomic E-state index is 5.20. The van der Waals surface area contributed by atoms with Crippen LogP contribution in [0.1, 0.15) is 31.9 Å². The molecule has 0 bridgehead atoms. The van der Waals surface area contributed by atoms with Crippen LogP contribution in [0.25, 0.3) is 0 Å². The molecule has 0 saturated heterocycles. The second-order valence-corrected chi connectivity index (χ2v) is 4.58. The summed E-state index contributed by atoms with van der Waals surface area (Å²) in [5, 5.41) is 4.25. The monoisotopic (exact) mass is 203 g/mol. The summed E-state index contributed by atoms with van der Waals surface area (Å²) < 4.78 is 0. The van der Waals surface area contributed by atoms with Crippen molar-refractivity contribution in [3.8, 4) is 0 Å². The first-order chi connectivity index (χ1) is 7.15. The lowest BCUT2D eigenvalue weighted by atomic mass is 9.88. The van der Waals surface area contributed by atoms with Gasteiger partial charge in [0.15, 0.2) is 0 Å². The average Bonchev–Trinajstić information content (AvgIpc) is 2.45. The van der Waals surface area contributed by atoms with Gasteiger partial charge in [0.1, 0.15) is 6.61 Å². The average molecular weight is 203 g/mol. The summed E-state index contributed by atoms with van der Waals surface area (Å²) in [6.45, 7) is 7.01. The number of rotatable bonds is 2. The Balaban J connectivity index is 2.43. The van der Waals surface area contributed by atoms with Gasteiger partial charge < -0.3 is 4.84 Å². The molecule has 2 heteroatoms. The molecule has 2 rings (SSSR count). The molecule has 1 aliphatic rings. The Bertz CT molecular complexity index is 393. The molecular formula is C13H17NO. The third kappa shape index (κ3) is 1.76. The minimum atomic E-state index is 0.0961. The highest BCUT2D eigenvalue weighted by molar-refractivity contribution is 6.08. The van der Waals surface area contributed by atoms with Crippen molar-refractivity contribution in [3.63, 3.8) is 0 Å². The van der Waals surface area contributed by atoms with Crippen molar-refractivity contribution in [3.05, 3.63) is 35.4 Å². The Morgan fingerprint density at radius 3 is 2.80 bits per heavy atom. The molecule has 0 N–H and O–H groups in total. The van der Waals surface area contributed by atoms with Gasteiger partial charge in [-0.15, -0.1) is 0 Å². The fourth-order valence-corrected chi connectivity index (χ4v) is 2.13. The zero-order valence-electron chi connectivity index (χ0n) is 9.58. The minimum absolute atomic E-state index is 0.0961. The van der Waals surface area contributed by atoms with Gasteiger partial charge in [-0.05, 0) is 18.9 Å². The fourth-order valence-electron chi connectivity index (χ4n) is 2.13. The molecular weight excluding hydrogens is 186 g/mol. The molecule has 2 nitrogen and oxygen atoms in total. The van der Waals surface area contributed by atoms with E-state index in [0.29, 0.717) is 6.61 Å². The van der Waals surface area contributed by atoms with Crippen molar-refractivity contribution < 1.29 is 4.84 Å². The number of nitrogens with zero attached hydrogens (tertiary/aromatic N) is 1. The highest BCUT2D eigenvalue weighted by Gasteiger charge is 2.35. The van der Waals surface area contributed by atoms with Gasteiger partial charge in [-0.2, -0.15) is 0 Å². The first-order valence-electron chi connectivity index (χ1n) is 5.44. The Morgan fingerprint density at radius 2 is 2.07 bits per heavy atom. The van der Waals surface area contributed by atoms with E-state index in [0.717, 1.165) is 12.1 Å². The lowest BCUT2D eigenvalue weighted by Gasteiger charge is -2.17. The van der Waals surface area contributed by atoms with Crippen LogP contribution in [0.4, 0.5) is 0 Å². The van der Waals surface area contributed by atoms with Crippen LogP contribution in [-0.2, 0) is 11.3 Å². The highest BCUT2D eigenvalue weighted by atomic mass is 16.6. The third-order valence-corrected chi connectivity index (χ3v) is 2.83. The highest BCUT2D eigenvalue weighted by Crippen LogP contribution is 2.36. The number of fused-ring (bicyclic) bond motifs is 1. The summed E-state index contributed by atoms with van der Waals surface area (Å²) in [7, 11) is 0. The summed E-state index contributed by atoms with van der Waals surface area (Å²) in [5.41, 5.74) is 3.80. The number of benzene rings is 1. The number of hydrogen-bond donors (Lipinski definition) is 0. The maximum Gasteiger partial charge on any atom is 0.114 e. The molecule has 80 valence electrons. The minimum Gasteiger partial charge on any atom is -0.396 e. The molecule has 0 aromatic heterocycles. The van der Waals surface area contributed by atoms with E-state index in [2.05, 4.69) is 43.3 Å². The molecule has 15 heavy (non-hydrogen) atoms. The topological polar surface area (TPSA) is 21.6 Å². The standard InChI is InChI=1S/C13H17NO/c1-4-15-14-12-11-8-6-5-7-10(11)9-13(12,2)3/h5-8H,4,9H2,1-3H3. The Labute approximate surface area is 90.9 Å². The quantitative estimate of drug-likeness (QED) is 0.677. The molecule has 0 amide bonds.